The van der Waals surface area contributed by atoms with Crippen molar-refractivity contribution in [2.24, 2.45) is 0 Å². The summed E-state index contributed by atoms with van der Waals surface area (Å²) in [5, 5.41) is 0. The molecule has 0 radical (unpaired) electrons. The van der Waals surface area contributed by atoms with Gasteiger partial charge in [-0.2, -0.15) is 0 Å². The molecule has 5 nitrogen and oxygen atoms in total. The fourth-order valence-corrected chi connectivity index (χ4v) is 16.8. The van der Waals surface area contributed by atoms with Gasteiger partial charge in [-0.1, -0.05) is 0 Å². The molecule has 4 heterocycles. The van der Waals surface area contributed by atoms with Crippen LogP contribution in [0.3, 0.4) is 0 Å². The molecule has 0 atom stereocenters. The molecule has 0 amide bonds. The average molecular weight is 1340 g/mol. The second kappa shape index (κ2) is 21.2. The van der Waals surface area contributed by atoms with Crippen molar-refractivity contribution in [2.45, 2.75) is 112 Å². The quantitative estimate of drug-likeness (QED) is 0.127. The van der Waals surface area contributed by atoms with E-state index in [1.54, 1.807) is 0 Å². The van der Waals surface area contributed by atoms with Crippen LogP contribution in [0.5, 0.6) is 11.5 Å². The van der Waals surface area contributed by atoms with Crippen molar-refractivity contribution in [3.8, 4) is 80.2 Å². The maximum atomic E-state index is 6.98. The van der Waals surface area contributed by atoms with Crippen molar-refractivity contribution in [3.63, 3.8) is 0 Å². The van der Waals surface area contributed by atoms with Crippen LogP contribution in [0, 0.1) is 43.2 Å². The molecule has 6 heteroatoms. The van der Waals surface area contributed by atoms with Gasteiger partial charge in [-0.25, -0.2) is 0 Å². The van der Waals surface area contributed by atoms with Crippen LogP contribution < -0.4 is 24.3 Å². The van der Waals surface area contributed by atoms with Gasteiger partial charge < -0.3 is 0 Å². The van der Waals surface area contributed by atoms with Crippen LogP contribution in [0.1, 0.15) is 128 Å². The molecule has 10 aromatic carbocycles. The number of terminal acetylenes is 1. The molecule has 0 aromatic heterocycles. The molecular weight excluding hydrogens is 1260 g/mol. The van der Waals surface area contributed by atoms with Crippen molar-refractivity contribution in [1.82, 2.24) is 0 Å². The van der Waals surface area contributed by atoms with E-state index in [-0.39, 0.29) is 21.7 Å². The van der Waals surface area contributed by atoms with Gasteiger partial charge >= 0.3 is 538 Å². The molecule has 89 heavy (non-hydrogen) atoms. The molecule has 4 aliphatic heterocycles. The van der Waals surface area contributed by atoms with Gasteiger partial charge in [-0.3, -0.25) is 0 Å². The number of anilines is 8. The van der Waals surface area contributed by atoms with Gasteiger partial charge in [0.2, 0.25) is 0 Å². The van der Waals surface area contributed by atoms with Gasteiger partial charge in [-0.05, 0) is 0 Å². The van der Waals surface area contributed by atoms with E-state index in [4.69, 9.17) is 11.2 Å². The third-order valence-electron chi connectivity index (χ3n) is 17.3. The van der Waals surface area contributed by atoms with Gasteiger partial charge in [-0.15, -0.1) is 0 Å². The number of nitrogens with zero attached hydrogens (tertiary/aromatic N) is 4. The number of hydrogen-bond donors (Lipinski definition) is 0. The zero-order valence-electron chi connectivity index (χ0n) is 53.1. The van der Waals surface area contributed by atoms with E-state index in [2.05, 4.69) is 315 Å². The van der Waals surface area contributed by atoms with Crippen LogP contribution >= 0.6 is 0 Å². The number of fused-ring (bicyclic) bond motifs is 22. The van der Waals surface area contributed by atoms with Gasteiger partial charge in [0.1, 0.15) is 0 Å². The minimum atomic E-state index is -1.46. The molecule has 0 unspecified atom stereocenters. The Balaban J connectivity index is 1.31. The number of para-hydroxylation sites is 4. The number of aryl methyl sites for hydroxylation is 1. The van der Waals surface area contributed by atoms with E-state index in [1.807, 2.05) is 18.2 Å². The van der Waals surface area contributed by atoms with E-state index in [9.17, 15) is 0 Å². The van der Waals surface area contributed by atoms with Crippen molar-refractivity contribution in [1.29, 1.82) is 0 Å². The van der Waals surface area contributed by atoms with E-state index in [0.717, 1.165) is 109 Å². The Bertz CT molecular complexity index is 4790. The van der Waals surface area contributed by atoms with Gasteiger partial charge in [0, 0.05) is 0 Å². The first kappa shape index (κ1) is 57.5. The first-order valence-corrected chi connectivity index (χ1v) is 33.1. The molecule has 442 valence electrons. The maximum absolute atomic E-state index is 6.98. The minimum absolute atomic E-state index is 0.309. The van der Waals surface area contributed by atoms with Crippen molar-refractivity contribution in [2.75, 3.05) is 19.6 Å². The Morgan fingerprint density at radius 2 is 0.753 bits per heavy atom. The Morgan fingerprint density at radius 1 is 0.393 bits per heavy atom. The van der Waals surface area contributed by atoms with Gasteiger partial charge in [0.05, 0.1) is 0 Å². The SMILES string of the molecule is C#Cc1cccc(-c2c(C(C)(C)C)cc(C(C)(C)C)c3c2N2[C]4=[Pt]=[C]5N(c6[c-]c(ccc6)Oc6[c-]c(ccc6)N4c4ccccc42)c2ccccc2N5c2c(-c4cccc(C)c4)c(C(C)(C)C)cc(C(C)(C)C)c2-c2cccc(c2)C#Cc2cccc-3c2)c1. The molecule has 0 spiro atoms. The summed E-state index contributed by atoms with van der Waals surface area (Å²) in [5.41, 5.74) is 24.6. The molecule has 10 bridgehead atoms. The van der Waals surface area contributed by atoms with Crippen molar-refractivity contribution in [3.05, 3.63) is 251 Å². The monoisotopic (exact) mass is 1340 g/mol. The third-order valence-corrected chi connectivity index (χ3v) is 20.4. The zero-order chi connectivity index (χ0) is 62.1. The fraction of sp³-hybridized carbons (Fsp3) is 0.205. The molecule has 0 N–H and O–H groups in total. The van der Waals surface area contributed by atoms with Crippen LogP contribution in [0.4, 0.5) is 45.5 Å². The van der Waals surface area contributed by atoms with Crippen LogP contribution in [0.25, 0.3) is 44.5 Å². The second-order valence-electron chi connectivity index (χ2n) is 27.9. The van der Waals surface area contributed by atoms with Gasteiger partial charge in [0.15, 0.2) is 0 Å². The summed E-state index contributed by atoms with van der Waals surface area (Å²) < 4.78 is 9.21. The predicted molar refractivity (Wildman–Crippen MR) is 370 cm³/mol. The van der Waals surface area contributed by atoms with E-state index in [1.165, 1.54) is 33.4 Å². The molecule has 10 aromatic rings. The summed E-state index contributed by atoms with van der Waals surface area (Å²) in [6, 6.07) is 79.2. The summed E-state index contributed by atoms with van der Waals surface area (Å²) >= 11 is -1.46. The van der Waals surface area contributed by atoms with E-state index < -0.39 is 17.6 Å². The van der Waals surface area contributed by atoms with Crippen LogP contribution in [-0.2, 0) is 39.3 Å². The molecule has 0 fully saturated rings. The van der Waals surface area contributed by atoms with Crippen molar-refractivity contribution >= 4 is 53.8 Å². The summed E-state index contributed by atoms with van der Waals surface area (Å²) in [6.45, 7) is 30.6. The van der Waals surface area contributed by atoms with Crippen molar-refractivity contribution < 1.29 is 22.4 Å². The zero-order valence-corrected chi connectivity index (χ0v) is 55.3. The molecule has 0 saturated carbocycles. The number of ether oxygens (including phenoxy) is 1. The van der Waals surface area contributed by atoms with Gasteiger partial charge in [0.25, 0.3) is 0 Å². The average Bonchev–Trinajstić information content (AvgIpc) is 1.88. The number of rotatable bonds is 2. The number of hydrogen-bond acceptors (Lipinski definition) is 5. The number of benzene rings is 10. The Kier molecular flexibility index (Phi) is 13.7. The van der Waals surface area contributed by atoms with E-state index >= 15 is 0 Å². The topological polar surface area (TPSA) is 22.2 Å². The Morgan fingerprint density at radius 3 is 1.15 bits per heavy atom. The first-order chi connectivity index (χ1) is 42.5. The Hall–Kier alpha value is -9.25. The molecule has 0 saturated heterocycles. The molecule has 4 aliphatic rings. The molecule has 14 rings (SSSR count). The Labute approximate surface area is 534 Å². The summed E-state index contributed by atoms with van der Waals surface area (Å²) in [4.78, 5) is 10.4. The molecule has 0 aliphatic carbocycles. The third kappa shape index (κ3) is 9.97. The summed E-state index contributed by atoms with van der Waals surface area (Å²) in [6.07, 6.45) is 6.42. The fourth-order valence-electron chi connectivity index (χ4n) is 13.2. The second-order valence-corrected chi connectivity index (χ2v) is 30.5. The predicted octanol–water partition coefficient (Wildman–Crippen LogP) is 20.8. The summed E-state index contributed by atoms with van der Waals surface area (Å²) in [7, 11) is 0. The standard InChI is InChI=1S/C83H72N4O.Pt/c1-15-55-27-21-31-59(45-55)75-67(81(6,7)8)51-69(83(12,13)14)77-61-33-23-29-57(47-61)43-42-56-28-22-32-60(46-56)76-68(82(9,10)11)50-66(80(3,4)5)74(58-30-20-26-54(2)44-58)78(76)86-52-84(70-38-16-18-40-72(70)86)62-34-24-36-64(48-62)88-65-37-25-35-63(49-65)85-53-87(79(75)77)73-41-19-17-39-71(73)85;/h1,16-41,44-47,50-51H,2-14H3;/q-2;. The normalized spacial score (nSPS) is 14.1. The molecular formula is C83H72N4OPt-2. The van der Waals surface area contributed by atoms with Crippen LogP contribution in [0.2, 0.25) is 0 Å². The van der Waals surface area contributed by atoms with Crippen LogP contribution in [0.15, 0.2) is 194 Å². The first-order valence-electron chi connectivity index (χ1n) is 30.8. The van der Waals surface area contributed by atoms with Crippen LogP contribution in [-0.4, -0.2) is 8.29 Å². The van der Waals surface area contributed by atoms with E-state index in [0.29, 0.717) is 11.5 Å². The summed E-state index contributed by atoms with van der Waals surface area (Å²) in [5.74, 6) is 11.8.